The van der Waals surface area contributed by atoms with Crippen LogP contribution in [0.15, 0.2) is 0 Å². The van der Waals surface area contributed by atoms with E-state index in [0.29, 0.717) is 26.2 Å². The highest BCUT2D eigenvalue weighted by atomic mass is 16.8. The van der Waals surface area contributed by atoms with E-state index < -0.39 is 17.7 Å². The second-order valence-electron chi connectivity index (χ2n) is 7.18. The van der Waals surface area contributed by atoms with E-state index in [0.717, 1.165) is 25.7 Å². The van der Waals surface area contributed by atoms with Gasteiger partial charge in [-0.15, -0.1) is 0 Å². The van der Waals surface area contributed by atoms with Gasteiger partial charge in [-0.3, -0.25) is 0 Å². The quantitative estimate of drug-likeness (QED) is 0.580. The van der Waals surface area contributed by atoms with Crippen LogP contribution in [-0.4, -0.2) is 61.4 Å². The van der Waals surface area contributed by atoms with Crippen LogP contribution < -0.4 is 0 Å². The van der Waals surface area contributed by atoms with Crippen molar-refractivity contribution in [1.82, 2.24) is 0 Å². The summed E-state index contributed by atoms with van der Waals surface area (Å²) in [5.74, 6) is -0.684. The highest BCUT2D eigenvalue weighted by molar-refractivity contribution is 5.04. The minimum absolute atomic E-state index is 0.00755. The Bertz CT molecular complexity index is 375. The lowest BCUT2D eigenvalue weighted by Gasteiger charge is -2.36. The lowest BCUT2D eigenvalue weighted by atomic mass is 9.92. The van der Waals surface area contributed by atoms with Gasteiger partial charge in [0.05, 0.1) is 6.61 Å². The summed E-state index contributed by atoms with van der Waals surface area (Å²) in [7, 11) is 0. The lowest BCUT2D eigenvalue weighted by molar-refractivity contribution is -0.255. The third-order valence-electron chi connectivity index (χ3n) is 4.57. The van der Waals surface area contributed by atoms with Gasteiger partial charge in [-0.25, -0.2) is 0 Å². The van der Waals surface area contributed by atoms with Gasteiger partial charge in [-0.1, -0.05) is 26.7 Å². The minimum Gasteiger partial charge on any atom is -0.396 e. The van der Waals surface area contributed by atoms with E-state index in [1.165, 1.54) is 0 Å². The molecule has 0 spiro atoms. The van der Waals surface area contributed by atoms with E-state index in [1.807, 2.05) is 13.8 Å². The molecular formula is C18H34O6. The first kappa shape index (κ1) is 20.1. The normalized spacial score (nSPS) is 34.6. The average Bonchev–Trinajstić information content (AvgIpc) is 2.95. The fourth-order valence-corrected chi connectivity index (χ4v) is 3.32. The first-order valence-electron chi connectivity index (χ1n) is 9.31. The van der Waals surface area contributed by atoms with Crippen molar-refractivity contribution in [2.24, 2.45) is 0 Å². The Morgan fingerprint density at radius 3 is 2.38 bits per heavy atom. The van der Waals surface area contributed by atoms with Crippen LogP contribution >= 0.6 is 0 Å². The first-order valence-corrected chi connectivity index (χ1v) is 9.31. The number of ether oxygens (including phenoxy) is 5. The number of hydrogen-bond donors (Lipinski definition) is 1. The molecule has 2 rings (SSSR count). The summed E-state index contributed by atoms with van der Waals surface area (Å²) in [6.07, 6.45) is 3.49. The van der Waals surface area contributed by atoms with Gasteiger partial charge in [-0.2, -0.15) is 0 Å². The summed E-state index contributed by atoms with van der Waals surface area (Å²) in [5.41, 5.74) is -0.720. The van der Waals surface area contributed by atoms with Crippen LogP contribution in [0.4, 0.5) is 0 Å². The van der Waals surface area contributed by atoms with E-state index in [-0.39, 0.29) is 18.8 Å². The Morgan fingerprint density at radius 2 is 1.71 bits per heavy atom. The van der Waals surface area contributed by atoms with Crippen molar-refractivity contribution in [3.8, 4) is 0 Å². The number of fused-ring (bicyclic) bond motifs is 1. The number of unbranched alkanes of at least 4 members (excludes halogenated alkanes) is 2. The molecule has 4 atom stereocenters. The molecule has 2 aliphatic heterocycles. The Balaban J connectivity index is 2.09. The Hall–Kier alpha value is -0.240. The third kappa shape index (κ3) is 4.68. The Kier molecular flexibility index (Phi) is 7.46. The molecule has 6 heteroatoms. The third-order valence-corrected chi connectivity index (χ3v) is 4.57. The summed E-state index contributed by atoms with van der Waals surface area (Å²) >= 11 is 0. The summed E-state index contributed by atoms with van der Waals surface area (Å²) in [6.45, 7) is 9.72. The second-order valence-corrected chi connectivity index (χ2v) is 7.18. The highest BCUT2D eigenvalue weighted by Gasteiger charge is 2.62. The zero-order valence-electron chi connectivity index (χ0n) is 15.6. The van der Waals surface area contributed by atoms with Gasteiger partial charge in [0.25, 0.3) is 0 Å². The van der Waals surface area contributed by atoms with Crippen molar-refractivity contribution >= 4 is 0 Å². The molecule has 1 N–H and O–H groups in total. The minimum atomic E-state index is -0.720. The van der Waals surface area contributed by atoms with Crippen LogP contribution in [0.25, 0.3) is 0 Å². The maximum atomic E-state index is 9.58. The van der Waals surface area contributed by atoms with Gasteiger partial charge < -0.3 is 28.8 Å². The van der Waals surface area contributed by atoms with E-state index in [2.05, 4.69) is 13.8 Å². The van der Waals surface area contributed by atoms with Crippen molar-refractivity contribution < 1.29 is 28.8 Å². The fraction of sp³-hybridized carbons (Fsp3) is 1.00. The lowest BCUT2D eigenvalue weighted by Crippen LogP contribution is -2.50. The predicted octanol–water partition coefficient (Wildman–Crippen LogP) is 2.62. The standard InChI is InChI=1S/C18H34O6/c1-5-7-11-20-13-18(9-10-19)15(21-12-8-6-2)14-16(24-18)23-17(3,4)22-14/h14-16,19H,5-13H2,1-4H3/t14-,15?,16-,18+/m0/s1. The summed E-state index contributed by atoms with van der Waals surface area (Å²) in [4.78, 5) is 0. The molecule has 0 bridgehead atoms. The summed E-state index contributed by atoms with van der Waals surface area (Å²) in [6, 6.07) is 0. The van der Waals surface area contributed by atoms with Crippen LogP contribution in [0.1, 0.15) is 59.8 Å². The van der Waals surface area contributed by atoms with Crippen LogP contribution in [0.5, 0.6) is 0 Å². The van der Waals surface area contributed by atoms with Gasteiger partial charge in [0.15, 0.2) is 12.1 Å². The molecule has 1 unspecified atom stereocenters. The molecule has 0 aliphatic carbocycles. The average molecular weight is 346 g/mol. The fourth-order valence-electron chi connectivity index (χ4n) is 3.32. The van der Waals surface area contributed by atoms with Gasteiger partial charge in [0, 0.05) is 26.2 Å². The molecule has 2 saturated heterocycles. The highest BCUT2D eigenvalue weighted by Crippen LogP contribution is 2.45. The second kappa shape index (κ2) is 8.92. The summed E-state index contributed by atoms with van der Waals surface area (Å²) < 4.78 is 30.1. The molecule has 0 aromatic rings. The maximum Gasteiger partial charge on any atom is 0.190 e. The molecule has 2 heterocycles. The number of rotatable bonds is 11. The van der Waals surface area contributed by atoms with Gasteiger partial charge in [-0.05, 0) is 26.7 Å². The number of aliphatic hydroxyl groups excluding tert-OH is 1. The topological polar surface area (TPSA) is 66.4 Å². The van der Waals surface area contributed by atoms with Crippen molar-refractivity contribution in [3.63, 3.8) is 0 Å². The Morgan fingerprint density at radius 1 is 1.00 bits per heavy atom. The van der Waals surface area contributed by atoms with E-state index in [9.17, 15) is 5.11 Å². The first-order chi connectivity index (χ1) is 11.5. The molecule has 0 radical (unpaired) electrons. The largest absolute Gasteiger partial charge is 0.396 e. The predicted molar refractivity (Wildman–Crippen MR) is 89.7 cm³/mol. The monoisotopic (exact) mass is 346 g/mol. The number of hydrogen-bond acceptors (Lipinski definition) is 6. The van der Waals surface area contributed by atoms with Gasteiger partial charge in [0.2, 0.25) is 0 Å². The van der Waals surface area contributed by atoms with Gasteiger partial charge >= 0.3 is 0 Å². The zero-order valence-corrected chi connectivity index (χ0v) is 15.6. The van der Waals surface area contributed by atoms with Crippen molar-refractivity contribution in [2.45, 2.75) is 89.7 Å². The molecule has 0 amide bonds. The molecule has 6 nitrogen and oxygen atoms in total. The van der Waals surface area contributed by atoms with Crippen LogP contribution in [0, 0.1) is 0 Å². The molecule has 2 aliphatic rings. The van der Waals surface area contributed by atoms with Crippen LogP contribution in [-0.2, 0) is 23.7 Å². The molecular weight excluding hydrogens is 312 g/mol. The molecule has 24 heavy (non-hydrogen) atoms. The van der Waals surface area contributed by atoms with E-state index in [1.54, 1.807) is 0 Å². The van der Waals surface area contributed by atoms with E-state index >= 15 is 0 Å². The smallest absolute Gasteiger partial charge is 0.190 e. The van der Waals surface area contributed by atoms with Crippen LogP contribution in [0.3, 0.4) is 0 Å². The zero-order chi connectivity index (χ0) is 17.6. The maximum absolute atomic E-state index is 9.58. The molecule has 0 saturated carbocycles. The molecule has 2 fully saturated rings. The number of aliphatic hydroxyl groups is 1. The Labute approximate surface area is 145 Å². The summed E-state index contributed by atoms with van der Waals surface area (Å²) in [5, 5.41) is 9.58. The van der Waals surface area contributed by atoms with Crippen LogP contribution in [0.2, 0.25) is 0 Å². The van der Waals surface area contributed by atoms with Crippen molar-refractivity contribution in [2.75, 3.05) is 26.4 Å². The molecule has 142 valence electrons. The van der Waals surface area contributed by atoms with Gasteiger partial charge in [0.1, 0.15) is 17.8 Å². The molecule has 0 aromatic carbocycles. The van der Waals surface area contributed by atoms with E-state index in [4.69, 9.17) is 23.7 Å². The van der Waals surface area contributed by atoms with Crippen molar-refractivity contribution in [3.05, 3.63) is 0 Å². The molecule has 0 aromatic heterocycles. The SMILES string of the molecule is CCCCOC[C@@]1(CCO)O[C@@H]2OC(C)(C)O[C@H]2C1OCCCC. The van der Waals surface area contributed by atoms with Crippen molar-refractivity contribution in [1.29, 1.82) is 0 Å².